The summed E-state index contributed by atoms with van der Waals surface area (Å²) >= 11 is 1.64. The number of nitrogens with zero attached hydrogens (tertiary/aromatic N) is 1. The summed E-state index contributed by atoms with van der Waals surface area (Å²) in [7, 11) is 0. The van der Waals surface area contributed by atoms with E-state index in [9.17, 15) is 14.7 Å². The Labute approximate surface area is 187 Å². The maximum Gasteiger partial charge on any atom is 0.352 e. The van der Waals surface area contributed by atoms with Crippen molar-refractivity contribution in [3.63, 3.8) is 0 Å². The van der Waals surface area contributed by atoms with Crippen molar-refractivity contribution >= 4 is 23.6 Å². The third kappa shape index (κ3) is 8.62. The van der Waals surface area contributed by atoms with Gasteiger partial charge in [0.2, 0.25) is 5.91 Å². The van der Waals surface area contributed by atoms with Gasteiger partial charge in [0.25, 0.3) is 0 Å². The molecule has 1 N–H and O–H groups in total. The molecule has 2 rings (SSSR count). The highest BCUT2D eigenvalue weighted by atomic mass is 32.2. The number of β-lactam (4-membered cyclic amide) rings is 1. The van der Waals surface area contributed by atoms with Gasteiger partial charge in [0.15, 0.2) is 0 Å². The van der Waals surface area contributed by atoms with Gasteiger partial charge in [-0.25, -0.2) is 4.79 Å². The predicted molar refractivity (Wildman–Crippen MR) is 124 cm³/mol. The molecule has 30 heavy (non-hydrogen) atoms. The summed E-state index contributed by atoms with van der Waals surface area (Å²) < 4.78 is 5.73. The second-order valence-electron chi connectivity index (χ2n) is 8.64. The minimum absolute atomic E-state index is 0.0122. The lowest BCUT2D eigenvalue weighted by molar-refractivity contribution is -0.146. The van der Waals surface area contributed by atoms with Crippen LogP contribution in [0.5, 0.6) is 0 Å². The molecule has 1 amide bonds. The Hall–Kier alpha value is -1.01. The number of unbranched alkanes of at least 4 members (excludes halogenated alkanes) is 13. The number of carboxylic acid groups (broad SMARTS) is 1. The standard InChI is InChI=1S/C24H41NO4S/c1-2-3-4-5-6-7-8-9-10-11-12-13-14-15-16-29-18-20-19-30-22-17-21(26)25(22)23(20)24(27)28/h22H,2-19H2,1H3,(H,27,28). The van der Waals surface area contributed by atoms with Gasteiger partial charge in [0.05, 0.1) is 18.4 Å². The minimum Gasteiger partial charge on any atom is -0.477 e. The molecule has 1 unspecified atom stereocenters. The van der Waals surface area contributed by atoms with Crippen LogP contribution >= 0.6 is 11.8 Å². The number of carboxylic acids is 1. The maximum atomic E-state index is 11.7. The van der Waals surface area contributed by atoms with E-state index in [1.54, 1.807) is 11.8 Å². The molecule has 0 radical (unpaired) electrons. The summed E-state index contributed by atoms with van der Waals surface area (Å²) in [5.74, 6) is -0.452. The molecule has 1 fully saturated rings. The fourth-order valence-electron chi connectivity index (χ4n) is 4.18. The topological polar surface area (TPSA) is 66.8 Å². The van der Waals surface area contributed by atoms with Crippen LogP contribution in [0.1, 0.15) is 103 Å². The van der Waals surface area contributed by atoms with Gasteiger partial charge in [-0.15, -0.1) is 11.8 Å². The van der Waals surface area contributed by atoms with Crippen LogP contribution in [0.2, 0.25) is 0 Å². The number of hydrogen-bond donors (Lipinski definition) is 1. The van der Waals surface area contributed by atoms with Crippen LogP contribution in [-0.2, 0) is 14.3 Å². The van der Waals surface area contributed by atoms with Crippen molar-refractivity contribution in [3.05, 3.63) is 11.3 Å². The molecule has 0 spiro atoms. The molecule has 0 bridgehead atoms. The lowest BCUT2D eigenvalue weighted by Gasteiger charge is -2.43. The number of ether oxygens (including phenoxy) is 1. The summed E-state index contributed by atoms with van der Waals surface area (Å²) in [6, 6.07) is 0. The van der Waals surface area contributed by atoms with Crippen molar-refractivity contribution in [2.24, 2.45) is 0 Å². The highest BCUT2D eigenvalue weighted by Gasteiger charge is 2.45. The first-order valence-corrected chi connectivity index (χ1v) is 13.2. The van der Waals surface area contributed by atoms with Gasteiger partial charge in [0, 0.05) is 12.4 Å². The molecular weight excluding hydrogens is 398 g/mol. The monoisotopic (exact) mass is 439 g/mol. The predicted octanol–water partition coefficient (Wildman–Crippen LogP) is 6.13. The fraction of sp³-hybridized carbons (Fsp3) is 0.833. The molecule has 2 aliphatic rings. The average Bonchev–Trinajstić information content (AvgIpc) is 2.72. The van der Waals surface area contributed by atoms with E-state index in [2.05, 4.69) is 6.92 Å². The minimum atomic E-state index is -1.01. The van der Waals surface area contributed by atoms with Gasteiger partial charge >= 0.3 is 5.97 Å². The molecule has 2 heterocycles. The van der Waals surface area contributed by atoms with Gasteiger partial charge in [-0.2, -0.15) is 0 Å². The Bertz CT molecular complexity index is 563. The van der Waals surface area contributed by atoms with Crippen molar-refractivity contribution in [1.29, 1.82) is 0 Å². The number of carbonyl (C=O) groups is 2. The summed E-state index contributed by atoms with van der Waals surface area (Å²) in [4.78, 5) is 24.7. The van der Waals surface area contributed by atoms with Crippen molar-refractivity contribution < 1.29 is 19.4 Å². The fourth-order valence-corrected chi connectivity index (χ4v) is 5.43. The first kappa shape index (κ1) is 25.3. The largest absolute Gasteiger partial charge is 0.477 e. The van der Waals surface area contributed by atoms with Gasteiger partial charge in [0.1, 0.15) is 5.70 Å². The summed E-state index contributed by atoms with van der Waals surface area (Å²) in [6.07, 6.45) is 19.1. The highest BCUT2D eigenvalue weighted by Crippen LogP contribution is 2.39. The van der Waals surface area contributed by atoms with Crippen LogP contribution < -0.4 is 0 Å². The Morgan fingerprint density at radius 1 is 0.967 bits per heavy atom. The van der Waals surface area contributed by atoms with E-state index in [1.165, 1.54) is 88.4 Å². The molecular formula is C24H41NO4S. The van der Waals surface area contributed by atoms with E-state index >= 15 is 0 Å². The number of fused-ring (bicyclic) bond motifs is 1. The zero-order valence-corrected chi connectivity index (χ0v) is 19.6. The number of hydrogen-bond acceptors (Lipinski definition) is 4. The van der Waals surface area contributed by atoms with Crippen molar-refractivity contribution in [1.82, 2.24) is 4.90 Å². The maximum absolute atomic E-state index is 11.7. The molecule has 5 nitrogen and oxygen atoms in total. The first-order chi connectivity index (χ1) is 14.6. The smallest absolute Gasteiger partial charge is 0.352 e. The molecule has 172 valence electrons. The third-order valence-electron chi connectivity index (χ3n) is 6.05. The van der Waals surface area contributed by atoms with E-state index in [1.807, 2.05) is 0 Å². The van der Waals surface area contributed by atoms with E-state index in [0.717, 1.165) is 12.0 Å². The molecule has 1 atom stereocenters. The second kappa shape index (κ2) is 14.9. The molecule has 2 aliphatic heterocycles. The molecule has 0 saturated carbocycles. The van der Waals surface area contributed by atoms with E-state index in [0.29, 0.717) is 25.4 Å². The normalized spacial score (nSPS) is 18.5. The van der Waals surface area contributed by atoms with Crippen molar-refractivity contribution in [2.75, 3.05) is 19.0 Å². The number of carbonyl (C=O) groups excluding carboxylic acids is 1. The Balaban J connectivity index is 1.42. The average molecular weight is 440 g/mol. The quantitative estimate of drug-likeness (QED) is 0.206. The van der Waals surface area contributed by atoms with Crippen molar-refractivity contribution in [2.45, 2.75) is 109 Å². The van der Waals surface area contributed by atoms with E-state index in [4.69, 9.17) is 4.74 Å². The van der Waals surface area contributed by atoms with Gasteiger partial charge in [-0.05, 0) is 12.0 Å². The van der Waals surface area contributed by atoms with Gasteiger partial charge in [-0.3, -0.25) is 9.69 Å². The van der Waals surface area contributed by atoms with Crippen LogP contribution in [-0.4, -0.2) is 46.2 Å². The third-order valence-corrected chi connectivity index (χ3v) is 7.33. The number of thioether (sulfide) groups is 1. The van der Waals surface area contributed by atoms with Gasteiger partial charge in [-0.1, -0.05) is 90.4 Å². The van der Waals surface area contributed by atoms with Crippen LogP contribution in [0.4, 0.5) is 0 Å². The molecule has 0 aromatic carbocycles. The Morgan fingerprint density at radius 3 is 2.00 bits per heavy atom. The van der Waals surface area contributed by atoms with Crippen molar-refractivity contribution in [3.8, 4) is 0 Å². The highest BCUT2D eigenvalue weighted by molar-refractivity contribution is 8.00. The summed E-state index contributed by atoms with van der Waals surface area (Å²) in [5, 5.41) is 9.48. The van der Waals surface area contributed by atoms with Crippen LogP contribution in [0.15, 0.2) is 11.3 Å². The van der Waals surface area contributed by atoms with Crippen LogP contribution in [0.25, 0.3) is 0 Å². The van der Waals surface area contributed by atoms with Crippen LogP contribution in [0, 0.1) is 0 Å². The number of amides is 1. The SMILES string of the molecule is CCCCCCCCCCCCCCCCOCC1=C(C(=O)O)N2C(=O)CC2SC1. The zero-order valence-electron chi connectivity index (χ0n) is 18.8. The molecule has 1 saturated heterocycles. The molecule has 0 aromatic heterocycles. The molecule has 6 heteroatoms. The number of aliphatic carboxylic acids is 1. The van der Waals surface area contributed by atoms with E-state index < -0.39 is 5.97 Å². The van der Waals surface area contributed by atoms with E-state index in [-0.39, 0.29) is 17.0 Å². The summed E-state index contributed by atoms with van der Waals surface area (Å²) in [5.41, 5.74) is 0.901. The van der Waals surface area contributed by atoms with Crippen LogP contribution in [0.3, 0.4) is 0 Å². The lowest BCUT2D eigenvalue weighted by Crippen LogP contribution is -2.54. The second-order valence-corrected chi connectivity index (χ2v) is 9.81. The summed E-state index contributed by atoms with van der Waals surface area (Å²) in [6.45, 7) is 3.25. The van der Waals surface area contributed by atoms with Gasteiger partial charge < -0.3 is 9.84 Å². The Morgan fingerprint density at radius 2 is 1.50 bits per heavy atom. The first-order valence-electron chi connectivity index (χ1n) is 12.1. The molecule has 0 aliphatic carbocycles. The lowest BCUT2D eigenvalue weighted by atomic mass is 10.0. The molecule has 0 aromatic rings. The Kier molecular flexibility index (Phi) is 12.5. The number of rotatable bonds is 18. The zero-order chi connectivity index (χ0) is 21.6.